The molecule has 1 fully saturated rings. The molecule has 0 spiro atoms. The number of hydrogen-bond donors (Lipinski definition) is 2. The van der Waals surface area contributed by atoms with E-state index >= 15 is 0 Å². The van der Waals surface area contributed by atoms with Crippen molar-refractivity contribution < 1.29 is 12.8 Å². The van der Waals surface area contributed by atoms with Crippen molar-refractivity contribution >= 4 is 27.3 Å². The molecule has 2 N–H and O–H groups in total. The van der Waals surface area contributed by atoms with E-state index in [-0.39, 0.29) is 16.5 Å². The second-order valence-corrected chi connectivity index (χ2v) is 6.50. The number of anilines is 1. The summed E-state index contributed by atoms with van der Waals surface area (Å²) in [5.74, 6) is -0.840. The molecule has 0 heterocycles. The van der Waals surface area contributed by atoms with Crippen molar-refractivity contribution in [1.29, 1.82) is 0 Å². The molecule has 4 nitrogen and oxygen atoms in total. The maximum Gasteiger partial charge on any atom is 0.234 e. The average Bonchev–Trinajstić information content (AvgIpc) is 3.08. The zero-order valence-corrected chi connectivity index (χ0v) is 11.2. The van der Waals surface area contributed by atoms with Crippen LogP contribution in [0.15, 0.2) is 18.2 Å². The quantitative estimate of drug-likeness (QED) is 0.843. The average molecular weight is 293 g/mol. The van der Waals surface area contributed by atoms with Gasteiger partial charge in [-0.1, -0.05) is 17.7 Å². The molecule has 0 aromatic heterocycles. The third-order valence-electron chi connectivity index (χ3n) is 2.60. The molecule has 18 heavy (non-hydrogen) atoms. The summed E-state index contributed by atoms with van der Waals surface area (Å²) >= 11 is 5.57. The van der Waals surface area contributed by atoms with Crippen molar-refractivity contribution in [1.82, 2.24) is 5.32 Å². The Kier molecular flexibility index (Phi) is 4.09. The summed E-state index contributed by atoms with van der Waals surface area (Å²) in [4.78, 5) is 0. The van der Waals surface area contributed by atoms with Gasteiger partial charge in [0.15, 0.2) is 5.82 Å². The molecule has 0 saturated heterocycles. The van der Waals surface area contributed by atoms with Crippen LogP contribution in [0.5, 0.6) is 0 Å². The Balaban J connectivity index is 1.95. The minimum atomic E-state index is -3.55. The highest BCUT2D eigenvalue weighted by Crippen LogP contribution is 2.23. The SMILES string of the molecule is O=S(=O)(CCNC1CC1)Nc1cccc(Cl)c1F. The van der Waals surface area contributed by atoms with Gasteiger partial charge in [-0.3, -0.25) is 4.72 Å². The second kappa shape index (κ2) is 5.42. The molecule has 0 bridgehead atoms. The zero-order chi connectivity index (χ0) is 13.2. The molecule has 0 aliphatic heterocycles. The third-order valence-corrected chi connectivity index (χ3v) is 4.16. The summed E-state index contributed by atoms with van der Waals surface area (Å²) in [5.41, 5.74) is -0.117. The monoisotopic (exact) mass is 292 g/mol. The number of nitrogens with one attached hydrogen (secondary N) is 2. The van der Waals surface area contributed by atoms with Crippen molar-refractivity contribution in [2.24, 2.45) is 0 Å². The first-order valence-corrected chi connectivity index (χ1v) is 7.69. The number of benzene rings is 1. The maximum atomic E-state index is 13.5. The zero-order valence-electron chi connectivity index (χ0n) is 9.62. The molecule has 0 amide bonds. The number of hydrogen-bond acceptors (Lipinski definition) is 3. The lowest BCUT2D eigenvalue weighted by Crippen LogP contribution is -2.28. The molecule has 0 radical (unpaired) electrons. The minimum Gasteiger partial charge on any atom is -0.313 e. The Morgan fingerprint density at radius 1 is 1.39 bits per heavy atom. The van der Waals surface area contributed by atoms with Gasteiger partial charge in [0.1, 0.15) is 0 Å². The highest BCUT2D eigenvalue weighted by Gasteiger charge is 2.21. The van der Waals surface area contributed by atoms with Crippen molar-refractivity contribution in [2.75, 3.05) is 17.0 Å². The van der Waals surface area contributed by atoms with Gasteiger partial charge in [-0.05, 0) is 25.0 Å². The second-order valence-electron chi connectivity index (χ2n) is 4.25. The van der Waals surface area contributed by atoms with Gasteiger partial charge in [-0.2, -0.15) is 0 Å². The first-order valence-electron chi connectivity index (χ1n) is 5.66. The Labute approximate surface area is 111 Å². The maximum absolute atomic E-state index is 13.5. The molecule has 1 saturated carbocycles. The lowest BCUT2D eigenvalue weighted by atomic mass is 10.3. The van der Waals surface area contributed by atoms with E-state index in [2.05, 4.69) is 10.0 Å². The summed E-state index contributed by atoms with van der Waals surface area (Å²) in [7, 11) is -3.55. The van der Waals surface area contributed by atoms with Gasteiger partial charge in [0.05, 0.1) is 16.5 Å². The molecular weight excluding hydrogens is 279 g/mol. The molecular formula is C11H14ClFN2O2S. The number of rotatable bonds is 6. The van der Waals surface area contributed by atoms with Crippen molar-refractivity contribution in [3.8, 4) is 0 Å². The topological polar surface area (TPSA) is 58.2 Å². The summed E-state index contributed by atoms with van der Waals surface area (Å²) in [6.07, 6.45) is 2.19. The molecule has 1 aromatic rings. The van der Waals surface area contributed by atoms with Crippen LogP contribution >= 0.6 is 11.6 Å². The van der Waals surface area contributed by atoms with E-state index < -0.39 is 15.8 Å². The smallest absolute Gasteiger partial charge is 0.234 e. The number of halogens is 2. The van der Waals surface area contributed by atoms with Gasteiger partial charge in [-0.25, -0.2) is 12.8 Å². The van der Waals surface area contributed by atoms with Gasteiger partial charge in [0.2, 0.25) is 10.0 Å². The Bertz CT molecular complexity index is 532. The third kappa shape index (κ3) is 3.83. The molecule has 1 aliphatic carbocycles. The standard InChI is InChI=1S/C11H14ClFN2O2S/c12-9-2-1-3-10(11(9)13)15-18(16,17)7-6-14-8-4-5-8/h1-3,8,14-15H,4-7H2. The normalized spacial score (nSPS) is 15.7. The molecule has 0 atom stereocenters. The van der Waals surface area contributed by atoms with Crippen molar-refractivity contribution in [3.05, 3.63) is 29.0 Å². The Morgan fingerprint density at radius 3 is 2.78 bits per heavy atom. The van der Waals surface area contributed by atoms with Crippen LogP contribution in [0.2, 0.25) is 5.02 Å². The largest absolute Gasteiger partial charge is 0.313 e. The van der Waals surface area contributed by atoms with Crippen LogP contribution in [-0.2, 0) is 10.0 Å². The first-order chi connectivity index (χ1) is 8.48. The van der Waals surface area contributed by atoms with Gasteiger partial charge < -0.3 is 5.32 Å². The van der Waals surface area contributed by atoms with E-state index in [9.17, 15) is 12.8 Å². The van der Waals surface area contributed by atoms with E-state index in [1.165, 1.54) is 18.2 Å². The molecule has 2 rings (SSSR count). The van der Waals surface area contributed by atoms with Crippen LogP contribution in [0.1, 0.15) is 12.8 Å². The van der Waals surface area contributed by atoms with E-state index in [0.717, 1.165) is 12.8 Å². The summed E-state index contributed by atoms with van der Waals surface area (Å²) in [6.45, 7) is 0.363. The van der Waals surface area contributed by atoms with Gasteiger partial charge in [0, 0.05) is 12.6 Å². The van der Waals surface area contributed by atoms with E-state index in [4.69, 9.17) is 11.6 Å². The van der Waals surface area contributed by atoms with Gasteiger partial charge >= 0.3 is 0 Å². The van der Waals surface area contributed by atoms with Gasteiger partial charge in [0.25, 0.3) is 0 Å². The fourth-order valence-corrected chi connectivity index (χ4v) is 2.64. The van der Waals surface area contributed by atoms with Crippen LogP contribution in [0.25, 0.3) is 0 Å². The summed E-state index contributed by atoms with van der Waals surface area (Å²) < 4.78 is 39.1. The van der Waals surface area contributed by atoms with Crippen LogP contribution in [0.4, 0.5) is 10.1 Å². The lowest BCUT2D eigenvalue weighted by molar-refractivity contribution is 0.593. The fraction of sp³-hybridized carbons (Fsp3) is 0.455. The van der Waals surface area contributed by atoms with E-state index in [1.54, 1.807) is 0 Å². The molecule has 1 aromatic carbocycles. The molecule has 7 heteroatoms. The molecule has 100 valence electrons. The van der Waals surface area contributed by atoms with Gasteiger partial charge in [-0.15, -0.1) is 0 Å². The van der Waals surface area contributed by atoms with E-state index in [0.29, 0.717) is 12.6 Å². The first kappa shape index (κ1) is 13.6. The van der Waals surface area contributed by atoms with Crippen LogP contribution in [-0.4, -0.2) is 26.8 Å². The van der Waals surface area contributed by atoms with E-state index in [1.807, 2.05) is 0 Å². The van der Waals surface area contributed by atoms with Crippen LogP contribution in [0, 0.1) is 5.82 Å². The van der Waals surface area contributed by atoms with Crippen LogP contribution in [0.3, 0.4) is 0 Å². The lowest BCUT2D eigenvalue weighted by Gasteiger charge is -2.09. The minimum absolute atomic E-state index is 0.0878. The predicted octanol–water partition coefficient (Wildman–Crippen LogP) is 1.97. The summed E-state index contributed by atoms with van der Waals surface area (Å²) in [5, 5.41) is 2.98. The predicted molar refractivity (Wildman–Crippen MR) is 69.8 cm³/mol. The molecule has 1 aliphatic rings. The highest BCUT2D eigenvalue weighted by molar-refractivity contribution is 7.92. The highest BCUT2D eigenvalue weighted by atomic mass is 35.5. The van der Waals surface area contributed by atoms with Crippen molar-refractivity contribution in [2.45, 2.75) is 18.9 Å². The summed E-state index contributed by atoms with van der Waals surface area (Å²) in [6, 6.07) is 4.64. The Morgan fingerprint density at radius 2 is 2.11 bits per heavy atom. The Hall–Kier alpha value is -0.850. The van der Waals surface area contributed by atoms with Crippen molar-refractivity contribution in [3.63, 3.8) is 0 Å². The van der Waals surface area contributed by atoms with Crippen LogP contribution < -0.4 is 10.0 Å². The fourth-order valence-electron chi connectivity index (χ4n) is 1.49. The number of sulfonamides is 1. The molecule has 0 unspecified atom stereocenters.